The van der Waals surface area contributed by atoms with E-state index in [-0.39, 0.29) is 54.6 Å². The Hall–Kier alpha value is -2.58. The van der Waals surface area contributed by atoms with E-state index in [4.69, 9.17) is 1.37 Å². The number of imide groups is 1. The molecule has 3 atom stereocenters. The van der Waals surface area contributed by atoms with Gasteiger partial charge in [0.15, 0.2) is 5.78 Å². The molecule has 1 saturated heterocycles. The van der Waals surface area contributed by atoms with Crippen LogP contribution in [0.2, 0.25) is 0 Å². The number of unbranched alkanes of at least 4 members (excludes halogenated alkanes) is 2. The minimum Gasteiger partial charge on any atom is -0.349 e. The summed E-state index contributed by atoms with van der Waals surface area (Å²) >= 11 is 0. The van der Waals surface area contributed by atoms with Crippen LogP contribution in [-0.4, -0.2) is 59.7 Å². The molecule has 0 aliphatic carbocycles. The lowest BCUT2D eigenvalue weighted by atomic mass is 9.92. The highest BCUT2D eigenvalue weighted by molar-refractivity contribution is 6.03. The first kappa shape index (κ1) is 24.7. The average Bonchev–Trinajstić information content (AvgIpc) is 2.95. The van der Waals surface area contributed by atoms with E-state index in [1.807, 2.05) is 0 Å². The van der Waals surface area contributed by atoms with Crippen molar-refractivity contribution in [1.82, 2.24) is 15.5 Å². The summed E-state index contributed by atoms with van der Waals surface area (Å²) in [4.78, 5) is 72.4. The minimum atomic E-state index is -0.919. The number of carbonyl (C=O) groups excluding carboxylic acids is 6. The first-order valence-corrected chi connectivity index (χ1v) is 10.9. The first-order valence-electron chi connectivity index (χ1n) is 11.4. The molecular formula is C22H35N3O6. The molecule has 2 N–H and O–H groups in total. The molecule has 4 amide bonds. The number of aldehydes is 1. The summed E-state index contributed by atoms with van der Waals surface area (Å²) in [6, 6.07) is -0.725. The summed E-state index contributed by atoms with van der Waals surface area (Å²) < 4.78 is 6.81. The van der Waals surface area contributed by atoms with Gasteiger partial charge in [-0.05, 0) is 18.8 Å². The molecule has 0 spiro atoms. The molecule has 31 heavy (non-hydrogen) atoms. The third kappa shape index (κ3) is 8.59. The predicted molar refractivity (Wildman–Crippen MR) is 114 cm³/mol. The SMILES string of the molecule is [2H]C(=O)CNC(=O)[C@H](C)CC(=O)[C@@H](NC(=O)CCCCCN1C(=O)CC(C)C1=O)C(C)C. The molecule has 0 bridgehead atoms. The Labute approximate surface area is 185 Å². The van der Waals surface area contributed by atoms with Crippen molar-refractivity contribution in [3.63, 3.8) is 0 Å². The maximum Gasteiger partial charge on any atom is 0.232 e. The maximum atomic E-state index is 12.6. The van der Waals surface area contributed by atoms with Crippen molar-refractivity contribution < 1.29 is 30.1 Å². The Morgan fingerprint density at radius 3 is 2.42 bits per heavy atom. The summed E-state index contributed by atoms with van der Waals surface area (Å²) in [6.07, 6.45) is 1.33. The Balaban J connectivity index is 2.39. The Kier molecular flexibility index (Phi) is 10.3. The zero-order chi connectivity index (χ0) is 24.4. The van der Waals surface area contributed by atoms with E-state index in [1.165, 1.54) is 4.90 Å². The van der Waals surface area contributed by atoms with E-state index in [1.54, 1.807) is 27.7 Å². The van der Waals surface area contributed by atoms with Crippen molar-refractivity contribution in [2.45, 2.75) is 72.3 Å². The molecule has 1 aliphatic rings. The molecule has 9 heteroatoms. The molecule has 0 aromatic heterocycles. The second-order valence-electron chi connectivity index (χ2n) is 8.52. The van der Waals surface area contributed by atoms with Crippen LogP contribution in [-0.2, 0) is 28.8 Å². The predicted octanol–water partition coefficient (Wildman–Crippen LogP) is 0.993. The largest absolute Gasteiger partial charge is 0.349 e. The lowest BCUT2D eigenvalue weighted by Crippen LogP contribution is -2.45. The van der Waals surface area contributed by atoms with Crippen LogP contribution in [0.15, 0.2) is 0 Å². The van der Waals surface area contributed by atoms with Crippen LogP contribution in [0.1, 0.15) is 67.6 Å². The highest BCUT2D eigenvalue weighted by atomic mass is 16.2. The molecule has 0 radical (unpaired) electrons. The van der Waals surface area contributed by atoms with Gasteiger partial charge < -0.3 is 15.4 Å². The van der Waals surface area contributed by atoms with Gasteiger partial charge >= 0.3 is 0 Å². The fourth-order valence-corrected chi connectivity index (χ4v) is 3.50. The summed E-state index contributed by atoms with van der Waals surface area (Å²) in [6.45, 7) is 6.86. The van der Waals surface area contributed by atoms with Crippen molar-refractivity contribution in [3.05, 3.63) is 0 Å². The lowest BCUT2D eigenvalue weighted by molar-refractivity contribution is -0.139. The Morgan fingerprint density at radius 1 is 1.19 bits per heavy atom. The molecule has 174 valence electrons. The third-order valence-electron chi connectivity index (χ3n) is 5.37. The van der Waals surface area contributed by atoms with Gasteiger partial charge in [0.2, 0.25) is 23.6 Å². The van der Waals surface area contributed by atoms with Gasteiger partial charge in [0.05, 0.1) is 12.6 Å². The van der Waals surface area contributed by atoms with E-state index in [2.05, 4.69) is 10.6 Å². The zero-order valence-electron chi connectivity index (χ0n) is 19.9. The number of carbonyl (C=O) groups is 6. The Morgan fingerprint density at radius 2 is 1.87 bits per heavy atom. The van der Waals surface area contributed by atoms with E-state index in [9.17, 15) is 28.8 Å². The molecule has 1 unspecified atom stereocenters. The molecule has 0 aromatic carbocycles. The van der Waals surface area contributed by atoms with Crippen LogP contribution in [0.25, 0.3) is 0 Å². The van der Waals surface area contributed by atoms with Crippen LogP contribution < -0.4 is 10.6 Å². The van der Waals surface area contributed by atoms with Gasteiger partial charge in [-0.2, -0.15) is 0 Å². The quantitative estimate of drug-likeness (QED) is 0.236. The smallest absolute Gasteiger partial charge is 0.232 e. The fourth-order valence-electron chi connectivity index (χ4n) is 3.50. The average molecular weight is 439 g/mol. The molecule has 9 nitrogen and oxygen atoms in total. The standard InChI is InChI=1S/C22H35N3O6/c1-14(2)20(17(27)12-15(3)21(30)23-9-11-26)24-18(28)8-6-5-7-10-25-19(29)13-16(4)22(25)31/h11,14-16,20H,5-10,12-13H2,1-4H3,(H,23,30)(H,24,28)/t15-,16?,20+/m1/s1/i11D. The summed E-state index contributed by atoms with van der Waals surface area (Å²) in [5.74, 6) is -2.41. The molecule has 0 saturated carbocycles. The molecule has 1 heterocycles. The summed E-state index contributed by atoms with van der Waals surface area (Å²) in [5, 5.41) is 5.04. The van der Waals surface area contributed by atoms with Crippen LogP contribution in [0.4, 0.5) is 0 Å². The molecule has 1 rings (SSSR count). The number of nitrogens with one attached hydrogen (secondary N) is 2. The van der Waals surface area contributed by atoms with Crippen molar-refractivity contribution in [1.29, 1.82) is 0 Å². The number of rotatable bonds is 14. The number of hydrogen-bond acceptors (Lipinski definition) is 6. The topological polar surface area (TPSA) is 130 Å². The van der Waals surface area contributed by atoms with Crippen LogP contribution in [0.5, 0.6) is 0 Å². The van der Waals surface area contributed by atoms with Gasteiger partial charge in [0.25, 0.3) is 0 Å². The summed E-state index contributed by atoms with van der Waals surface area (Å²) in [7, 11) is 0. The van der Waals surface area contributed by atoms with Crippen LogP contribution >= 0.6 is 0 Å². The molecular weight excluding hydrogens is 402 g/mol. The highest BCUT2D eigenvalue weighted by Gasteiger charge is 2.34. The lowest BCUT2D eigenvalue weighted by Gasteiger charge is -2.22. The number of ketones is 1. The van der Waals surface area contributed by atoms with Gasteiger partial charge in [-0.3, -0.25) is 28.9 Å². The van der Waals surface area contributed by atoms with E-state index in [0.29, 0.717) is 25.8 Å². The van der Waals surface area contributed by atoms with E-state index >= 15 is 0 Å². The number of nitrogens with zero attached hydrogens (tertiary/aromatic N) is 1. The monoisotopic (exact) mass is 438 g/mol. The molecule has 1 aliphatic heterocycles. The summed E-state index contributed by atoms with van der Waals surface area (Å²) in [5.41, 5.74) is 0. The van der Waals surface area contributed by atoms with E-state index in [0.717, 1.165) is 0 Å². The van der Waals surface area contributed by atoms with Crippen molar-refractivity contribution >= 4 is 35.7 Å². The van der Waals surface area contributed by atoms with E-state index < -0.39 is 30.7 Å². The highest BCUT2D eigenvalue weighted by Crippen LogP contribution is 2.19. The third-order valence-corrected chi connectivity index (χ3v) is 5.37. The minimum absolute atomic E-state index is 0.0858. The van der Waals surface area contributed by atoms with Gasteiger partial charge in [0.1, 0.15) is 7.63 Å². The number of hydrogen-bond donors (Lipinski definition) is 2. The van der Waals surface area contributed by atoms with Crippen molar-refractivity contribution in [2.75, 3.05) is 13.1 Å². The number of likely N-dealkylation sites (tertiary alicyclic amines) is 1. The van der Waals surface area contributed by atoms with Crippen molar-refractivity contribution in [3.8, 4) is 0 Å². The first-order chi connectivity index (χ1) is 14.9. The fraction of sp³-hybridized carbons (Fsp3) is 0.727. The zero-order valence-corrected chi connectivity index (χ0v) is 18.9. The number of amides is 4. The molecule has 1 fully saturated rings. The normalized spacial score (nSPS) is 18.5. The second-order valence-corrected chi connectivity index (χ2v) is 8.52. The molecule has 0 aromatic rings. The maximum absolute atomic E-state index is 12.6. The van der Waals surface area contributed by atoms with Gasteiger partial charge in [0, 0.05) is 37.6 Å². The van der Waals surface area contributed by atoms with Crippen LogP contribution in [0, 0.1) is 17.8 Å². The van der Waals surface area contributed by atoms with Gasteiger partial charge in [-0.1, -0.05) is 34.1 Å². The van der Waals surface area contributed by atoms with Gasteiger partial charge in [-0.25, -0.2) is 0 Å². The van der Waals surface area contributed by atoms with Crippen molar-refractivity contribution in [2.24, 2.45) is 17.8 Å². The second kappa shape index (κ2) is 13.0. The Bertz CT molecular complexity index is 739. The number of Topliss-reactive ketones (excluding diaryl/α,β-unsaturated/α-hetero) is 1. The van der Waals surface area contributed by atoms with Gasteiger partial charge in [-0.15, -0.1) is 0 Å². The van der Waals surface area contributed by atoms with Crippen LogP contribution in [0.3, 0.4) is 0 Å².